The molecule has 1 aromatic heterocycles. The summed E-state index contributed by atoms with van der Waals surface area (Å²) < 4.78 is 6.76. The molecule has 0 spiro atoms. The van der Waals surface area contributed by atoms with E-state index in [4.69, 9.17) is 4.42 Å². The Bertz CT molecular complexity index is 1080. The third-order valence-corrected chi connectivity index (χ3v) is 4.75. The average molecular weight is 403 g/mol. The molecule has 0 aliphatic rings. The molecule has 0 saturated carbocycles. The SMILES string of the molecule is O=c1oc(-c2ccccc2)c(-c2ccccc2)cc1-c1ccc(Br)cc1. The Labute approximate surface area is 159 Å². The predicted octanol–water partition coefficient (Wildman–Crippen LogP) is 6.40. The molecule has 0 bridgehead atoms. The van der Waals surface area contributed by atoms with E-state index in [1.165, 1.54) is 0 Å². The molecule has 0 unspecified atom stereocenters. The van der Waals surface area contributed by atoms with Crippen molar-refractivity contribution in [2.45, 2.75) is 0 Å². The maximum Gasteiger partial charge on any atom is 0.344 e. The topological polar surface area (TPSA) is 30.2 Å². The Morgan fingerprint density at radius 2 is 1.15 bits per heavy atom. The molecule has 0 N–H and O–H groups in total. The molecule has 0 fully saturated rings. The third-order valence-electron chi connectivity index (χ3n) is 4.22. The Hall–Kier alpha value is -2.91. The minimum atomic E-state index is -0.342. The lowest BCUT2D eigenvalue weighted by Gasteiger charge is -2.11. The van der Waals surface area contributed by atoms with Crippen LogP contribution in [-0.4, -0.2) is 0 Å². The zero-order chi connectivity index (χ0) is 17.9. The minimum absolute atomic E-state index is 0.342. The van der Waals surface area contributed by atoms with Gasteiger partial charge in [0.1, 0.15) is 5.76 Å². The molecule has 4 rings (SSSR count). The molecular weight excluding hydrogens is 388 g/mol. The molecule has 0 aliphatic carbocycles. The first kappa shape index (κ1) is 16.6. The quantitative estimate of drug-likeness (QED) is 0.396. The molecule has 0 aliphatic heterocycles. The van der Waals surface area contributed by atoms with Gasteiger partial charge in [-0.05, 0) is 29.3 Å². The van der Waals surface area contributed by atoms with Gasteiger partial charge in [0, 0.05) is 15.6 Å². The number of halogens is 1. The highest BCUT2D eigenvalue weighted by Gasteiger charge is 2.15. The summed E-state index contributed by atoms with van der Waals surface area (Å²) >= 11 is 3.43. The van der Waals surface area contributed by atoms with Crippen LogP contribution in [0, 0.1) is 0 Å². The van der Waals surface area contributed by atoms with Crippen LogP contribution >= 0.6 is 15.9 Å². The van der Waals surface area contributed by atoms with Crippen molar-refractivity contribution in [3.63, 3.8) is 0 Å². The molecule has 4 aromatic rings. The van der Waals surface area contributed by atoms with Gasteiger partial charge in [0.05, 0.1) is 5.56 Å². The normalized spacial score (nSPS) is 10.7. The number of rotatable bonds is 3. The molecular formula is C23H15BrO2. The summed E-state index contributed by atoms with van der Waals surface area (Å²) in [4.78, 5) is 12.7. The molecule has 2 nitrogen and oxygen atoms in total. The lowest BCUT2D eigenvalue weighted by molar-refractivity contribution is 0.530. The van der Waals surface area contributed by atoms with Crippen LogP contribution in [-0.2, 0) is 0 Å². The van der Waals surface area contributed by atoms with Gasteiger partial charge in [-0.25, -0.2) is 4.79 Å². The standard InChI is InChI=1S/C23H15BrO2/c24-19-13-11-17(12-14-19)21-15-20(16-7-3-1-4-8-16)22(26-23(21)25)18-9-5-2-6-10-18/h1-15H. The van der Waals surface area contributed by atoms with Crippen LogP contribution in [0.2, 0.25) is 0 Å². The number of hydrogen-bond donors (Lipinski definition) is 0. The second kappa shape index (κ2) is 7.14. The Morgan fingerprint density at radius 3 is 1.77 bits per heavy atom. The fraction of sp³-hybridized carbons (Fsp3) is 0. The molecule has 0 amide bonds. The Balaban J connectivity index is 1.97. The van der Waals surface area contributed by atoms with E-state index in [9.17, 15) is 4.79 Å². The molecule has 0 radical (unpaired) electrons. The van der Waals surface area contributed by atoms with E-state index in [2.05, 4.69) is 15.9 Å². The van der Waals surface area contributed by atoms with Gasteiger partial charge in [0.25, 0.3) is 0 Å². The van der Waals surface area contributed by atoms with Crippen LogP contribution in [0.3, 0.4) is 0 Å². The van der Waals surface area contributed by atoms with Crippen molar-refractivity contribution in [3.05, 3.63) is 106 Å². The highest BCUT2D eigenvalue weighted by atomic mass is 79.9. The maximum atomic E-state index is 12.7. The molecule has 3 aromatic carbocycles. The van der Waals surface area contributed by atoms with Crippen molar-refractivity contribution in [3.8, 4) is 33.6 Å². The van der Waals surface area contributed by atoms with E-state index >= 15 is 0 Å². The zero-order valence-electron chi connectivity index (χ0n) is 13.9. The van der Waals surface area contributed by atoms with Gasteiger partial charge < -0.3 is 4.42 Å². The summed E-state index contributed by atoms with van der Waals surface area (Å²) in [6, 6.07) is 29.3. The fourth-order valence-electron chi connectivity index (χ4n) is 2.94. The van der Waals surface area contributed by atoms with Crippen molar-refractivity contribution in [2.24, 2.45) is 0 Å². The van der Waals surface area contributed by atoms with Crippen LogP contribution in [0.1, 0.15) is 0 Å². The predicted molar refractivity (Wildman–Crippen MR) is 109 cm³/mol. The van der Waals surface area contributed by atoms with Crippen molar-refractivity contribution >= 4 is 15.9 Å². The number of hydrogen-bond acceptors (Lipinski definition) is 2. The van der Waals surface area contributed by atoms with Crippen molar-refractivity contribution < 1.29 is 4.42 Å². The van der Waals surface area contributed by atoms with Crippen LogP contribution < -0.4 is 5.63 Å². The summed E-state index contributed by atoms with van der Waals surface area (Å²) in [6.45, 7) is 0. The summed E-state index contributed by atoms with van der Waals surface area (Å²) in [7, 11) is 0. The second-order valence-electron chi connectivity index (χ2n) is 5.93. The molecule has 3 heteroatoms. The summed E-state index contributed by atoms with van der Waals surface area (Å²) in [5.74, 6) is 0.586. The third kappa shape index (κ3) is 3.26. The summed E-state index contributed by atoms with van der Waals surface area (Å²) in [5.41, 5.74) is 3.83. The van der Waals surface area contributed by atoms with E-state index < -0.39 is 0 Å². The average Bonchev–Trinajstić information content (AvgIpc) is 2.70. The lowest BCUT2D eigenvalue weighted by Crippen LogP contribution is -2.05. The van der Waals surface area contributed by atoms with Gasteiger partial charge in [-0.1, -0.05) is 88.7 Å². The van der Waals surface area contributed by atoms with E-state index in [1.54, 1.807) is 0 Å². The number of benzene rings is 3. The van der Waals surface area contributed by atoms with Crippen LogP contribution in [0.4, 0.5) is 0 Å². The summed E-state index contributed by atoms with van der Waals surface area (Å²) in [6.07, 6.45) is 0. The fourth-order valence-corrected chi connectivity index (χ4v) is 3.20. The van der Waals surface area contributed by atoms with Gasteiger partial charge in [-0.15, -0.1) is 0 Å². The molecule has 1 heterocycles. The maximum absolute atomic E-state index is 12.7. The molecule has 126 valence electrons. The largest absolute Gasteiger partial charge is 0.422 e. The van der Waals surface area contributed by atoms with Crippen molar-refractivity contribution in [1.82, 2.24) is 0 Å². The van der Waals surface area contributed by atoms with Gasteiger partial charge in [0.2, 0.25) is 0 Å². The molecule has 26 heavy (non-hydrogen) atoms. The first-order valence-corrected chi connectivity index (χ1v) is 9.06. The highest BCUT2D eigenvalue weighted by Crippen LogP contribution is 2.33. The monoisotopic (exact) mass is 402 g/mol. The minimum Gasteiger partial charge on any atom is -0.422 e. The van der Waals surface area contributed by atoms with Crippen molar-refractivity contribution in [1.29, 1.82) is 0 Å². The Kier molecular flexibility index (Phi) is 4.55. The van der Waals surface area contributed by atoms with Gasteiger partial charge in [-0.3, -0.25) is 0 Å². The second-order valence-corrected chi connectivity index (χ2v) is 6.84. The van der Waals surface area contributed by atoms with Crippen LogP contribution in [0.5, 0.6) is 0 Å². The first-order chi connectivity index (χ1) is 12.7. The highest BCUT2D eigenvalue weighted by molar-refractivity contribution is 9.10. The smallest absolute Gasteiger partial charge is 0.344 e. The van der Waals surface area contributed by atoms with E-state index in [-0.39, 0.29) is 5.63 Å². The van der Waals surface area contributed by atoms with E-state index in [1.807, 2.05) is 91.0 Å². The Morgan fingerprint density at radius 1 is 0.615 bits per heavy atom. The van der Waals surface area contributed by atoms with E-state index in [0.29, 0.717) is 11.3 Å². The molecule has 0 atom stereocenters. The van der Waals surface area contributed by atoms with Gasteiger partial charge in [-0.2, -0.15) is 0 Å². The van der Waals surface area contributed by atoms with Crippen molar-refractivity contribution in [2.75, 3.05) is 0 Å². The van der Waals surface area contributed by atoms with E-state index in [0.717, 1.165) is 26.7 Å². The van der Waals surface area contributed by atoms with Gasteiger partial charge >= 0.3 is 5.63 Å². The summed E-state index contributed by atoms with van der Waals surface area (Å²) in [5, 5.41) is 0. The zero-order valence-corrected chi connectivity index (χ0v) is 15.4. The van der Waals surface area contributed by atoms with Gasteiger partial charge in [0.15, 0.2) is 0 Å². The first-order valence-electron chi connectivity index (χ1n) is 8.27. The molecule has 0 saturated heterocycles. The van der Waals surface area contributed by atoms with Crippen LogP contribution in [0.15, 0.2) is 105 Å². The van der Waals surface area contributed by atoms with Crippen LogP contribution in [0.25, 0.3) is 33.6 Å². The lowest BCUT2D eigenvalue weighted by atomic mass is 9.97.